The first-order valence-electron chi connectivity index (χ1n) is 8.05. The molecule has 0 aliphatic carbocycles. The van der Waals surface area contributed by atoms with Crippen LogP contribution in [0.1, 0.15) is 18.8 Å². The fourth-order valence-corrected chi connectivity index (χ4v) is 2.73. The molecule has 0 unspecified atom stereocenters. The van der Waals surface area contributed by atoms with Crippen molar-refractivity contribution in [2.24, 2.45) is 5.92 Å². The highest BCUT2D eigenvalue weighted by atomic mass is 19.1. The minimum atomic E-state index is -0.815. The molecular formula is C20H21FO3. The lowest BCUT2D eigenvalue weighted by Crippen LogP contribution is -2.25. The van der Waals surface area contributed by atoms with Gasteiger partial charge in [0.25, 0.3) is 0 Å². The van der Waals surface area contributed by atoms with E-state index in [1.54, 1.807) is 12.1 Å². The lowest BCUT2D eigenvalue weighted by Gasteiger charge is -2.28. The summed E-state index contributed by atoms with van der Waals surface area (Å²) in [6.07, 6.45) is 3.83. The topological polar surface area (TPSA) is 27.7 Å². The van der Waals surface area contributed by atoms with Gasteiger partial charge >= 0.3 is 0 Å². The van der Waals surface area contributed by atoms with Crippen molar-refractivity contribution < 1.29 is 18.6 Å². The van der Waals surface area contributed by atoms with Crippen molar-refractivity contribution in [3.8, 4) is 16.9 Å². The lowest BCUT2D eigenvalue weighted by atomic mass is 10.0. The highest BCUT2D eigenvalue weighted by molar-refractivity contribution is 5.64. The maximum Gasteiger partial charge on any atom is 0.228 e. The second-order valence-electron chi connectivity index (χ2n) is 5.68. The van der Waals surface area contributed by atoms with E-state index in [2.05, 4.69) is 6.08 Å². The number of hydrogen-bond donors (Lipinski definition) is 0. The van der Waals surface area contributed by atoms with Gasteiger partial charge in [-0.15, -0.1) is 0 Å². The first-order valence-corrected chi connectivity index (χ1v) is 8.05. The number of ether oxygens (including phenoxy) is 3. The standard InChI is InChI=1S/C20H21FO3/c1-2-3-15-12-22-20(23-13-15)18-6-4-16(5-7-18)17-8-10-19(11-9-17)24-14-21/h2-11,15,20H,12-14H2,1H3/b3-2+. The highest BCUT2D eigenvalue weighted by Crippen LogP contribution is 2.28. The molecule has 0 atom stereocenters. The van der Waals surface area contributed by atoms with Crippen molar-refractivity contribution in [1.29, 1.82) is 0 Å². The molecule has 0 radical (unpaired) electrons. The van der Waals surface area contributed by atoms with E-state index in [0.717, 1.165) is 16.7 Å². The maximum atomic E-state index is 12.1. The van der Waals surface area contributed by atoms with Crippen molar-refractivity contribution in [3.05, 3.63) is 66.2 Å². The van der Waals surface area contributed by atoms with Gasteiger partial charge in [0.2, 0.25) is 6.86 Å². The van der Waals surface area contributed by atoms with E-state index in [9.17, 15) is 4.39 Å². The molecule has 4 heteroatoms. The van der Waals surface area contributed by atoms with E-state index in [-0.39, 0.29) is 6.29 Å². The zero-order valence-corrected chi connectivity index (χ0v) is 13.7. The maximum absolute atomic E-state index is 12.1. The summed E-state index contributed by atoms with van der Waals surface area (Å²) in [5.41, 5.74) is 3.13. The monoisotopic (exact) mass is 328 g/mol. The Balaban J connectivity index is 1.65. The van der Waals surface area contributed by atoms with Crippen LogP contribution in [0.4, 0.5) is 4.39 Å². The van der Waals surface area contributed by atoms with Crippen molar-refractivity contribution in [2.45, 2.75) is 13.2 Å². The molecule has 2 aromatic carbocycles. The largest absolute Gasteiger partial charge is 0.463 e. The summed E-state index contributed by atoms with van der Waals surface area (Å²) in [6, 6.07) is 15.4. The van der Waals surface area contributed by atoms with E-state index in [4.69, 9.17) is 14.2 Å². The Bertz CT molecular complexity index is 656. The summed E-state index contributed by atoms with van der Waals surface area (Å²) in [5, 5.41) is 0. The summed E-state index contributed by atoms with van der Waals surface area (Å²) >= 11 is 0. The Labute approximate surface area is 141 Å². The average Bonchev–Trinajstić information content (AvgIpc) is 2.64. The number of allylic oxidation sites excluding steroid dienone is 1. The van der Waals surface area contributed by atoms with Gasteiger partial charge in [-0.1, -0.05) is 48.6 Å². The smallest absolute Gasteiger partial charge is 0.228 e. The van der Waals surface area contributed by atoms with Crippen LogP contribution in [0, 0.1) is 5.92 Å². The van der Waals surface area contributed by atoms with Crippen LogP contribution in [-0.4, -0.2) is 20.1 Å². The Morgan fingerprint density at radius 3 is 2.12 bits per heavy atom. The van der Waals surface area contributed by atoms with Crippen LogP contribution in [0.5, 0.6) is 5.75 Å². The van der Waals surface area contributed by atoms with Gasteiger partial charge in [0.05, 0.1) is 13.2 Å². The fraction of sp³-hybridized carbons (Fsp3) is 0.300. The van der Waals surface area contributed by atoms with Crippen LogP contribution in [-0.2, 0) is 9.47 Å². The van der Waals surface area contributed by atoms with Crippen molar-refractivity contribution in [3.63, 3.8) is 0 Å². The van der Waals surface area contributed by atoms with Gasteiger partial charge in [-0.25, -0.2) is 4.39 Å². The fourth-order valence-electron chi connectivity index (χ4n) is 2.73. The van der Waals surface area contributed by atoms with Crippen molar-refractivity contribution in [2.75, 3.05) is 20.1 Å². The molecule has 0 aromatic heterocycles. The van der Waals surface area contributed by atoms with Gasteiger partial charge in [0.15, 0.2) is 6.29 Å². The predicted octanol–water partition coefficient (Wildman–Crippen LogP) is 4.90. The highest BCUT2D eigenvalue weighted by Gasteiger charge is 2.21. The van der Waals surface area contributed by atoms with Crippen LogP contribution in [0.15, 0.2) is 60.7 Å². The van der Waals surface area contributed by atoms with Crippen LogP contribution < -0.4 is 4.74 Å². The molecule has 2 aromatic rings. The zero-order valence-electron chi connectivity index (χ0n) is 13.7. The molecular weight excluding hydrogens is 307 g/mol. The van der Waals surface area contributed by atoms with Crippen LogP contribution in [0.2, 0.25) is 0 Å². The molecule has 1 fully saturated rings. The van der Waals surface area contributed by atoms with E-state index < -0.39 is 6.86 Å². The molecule has 1 aliphatic rings. The quantitative estimate of drug-likeness (QED) is 0.731. The third-order valence-corrected chi connectivity index (χ3v) is 3.98. The minimum Gasteiger partial charge on any atom is -0.463 e. The molecule has 0 N–H and O–H groups in total. The summed E-state index contributed by atoms with van der Waals surface area (Å²) in [7, 11) is 0. The Hall–Kier alpha value is -2.17. The summed E-state index contributed by atoms with van der Waals surface area (Å²) < 4.78 is 28.5. The molecule has 0 saturated carbocycles. The van der Waals surface area contributed by atoms with Crippen molar-refractivity contribution >= 4 is 0 Å². The molecule has 0 spiro atoms. The molecule has 1 heterocycles. The summed E-state index contributed by atoms with van der Waals surface area (Å²) in [5.74, 6) is 0.855. The van der Waals surface area contributed by atoms with Gasteiger partial charge < -0.3 is 14.2 Å². The van der Waals surface area contributed by atoms with Crippen LogP contribution in [0.25, 0.3) is 11.1 Å². The Morgan fingerprint density at radius 1 is 1.00 bits per heavy atom. The number of hydrogen-bond acceptors (Lipinski definition) is 3. The number of alkyl halides is 1. The molecule has 1 aliphatic heterocycles. The van der Waals surface area contributed by atoms with E-state index in [1.165, 1.54) is 0 Å². The Morgan fingerprint density at radius 2 is 1.58 bits per heavy atom. The number of benzene rings is 2. The summed E-state index contributed by atoms with van der Waals surface area (Å²) in [4.78, 5) is 0. The molecule has 126 valence electrons. The Kier molecular flexibility index (Phi) is 5.62. The van der Waals surface area contributed by atoms with Crippen LogP contribution in [0.3, 0.4) is 0 Å². The van der Waals surface area contributed by atoms with Crippen LogP contribution >= 0.6 is 0 Å². The molecule has 0 amide bonds. The molecule has 24 heavy (non-hydrogen) atoms. The minimum absolute atomic E-state index is 0.305. The SMILES string of the molecule is C/C=C/C1COC(c2ccc(-c3ccc(OCF)cc3)cc2)OC1. The van der Waals surface area contributed by atoms with Gasteiger partial charge in [0.1, 0.15) is 5.75 Å². The second kappa shape index (κ2) is 8.08. The third kappa shape index (κ3) is 4.02. The van der Waals surface area contributed by atoms with E-state index >= 15 is 0 Å². The average molecular weight is 328 g/mol. The molecule has 3 nitrogen and oxygen atoms in total. The van der Waals surface area contributed by atoms with Gasteiger partial charge in [-0.2, -0.15) is 0 Å². The van der Waals surface area contributed by atoms with E-state index in [1.807, 2.05) is 49.4 Å². The van der Waals surface area contributed by atoms with Gasteiger partial charge in [-0.3, -0.25) is 0 Å². The normalized spacial score (nSPS) is 21.1. The summed E-state index contributed by atoms with van der Waals surface area (Å²) in [6.45, 7) is 2.53. The number of halogens is 1. The van der Waals surface area contributed by atoms with Crippen molar-refractivity contribution in [1.82, 2.24) is 0 Å². The molecule has 3 rings (SSSR count). The zero-order chi connectivity index (χ0) is 16.8. The molecule has 1 saturated heterocycles. The lowest BCUT2D eigenvalue weighted by molar-refractivity contribution is -0.197. The predicted molar refractivity (Wildman–Crippen MR) is 91.4 cm³/mol. The number of rotatable bonds is 5. The second-order valence-corrected chi connectivity index (χ2v) is 5.68. The first-order chi connectivity index (χ1) is 11.8. The first kappa shape index (κ1) is 16.7. The van der Waals surface area contributed by atoms with E-state index in [0.29, 0.717) is 24.9 Å². The van der Waals surface area contributed by atoms with Gasteiger partial charge in [0, 0.05) is 11.5 Å². The third-order valence-electron chi connectivity index (χ3n) is 3.98. The van der Waals surface area contributed by atoms with Gasteiger partial charge in [-0.05, 0) is 30.2 Å². The molecule has 0 bridgehead atoms.